The van der Waals surface area contributed by atoms with Gasteiger partial charge < -0.3 is 10.1 Å². The number of aromatic nitrogens is 2. The summed E-state index contributed by atoms with van der Waals surface area (Å²) in [6.07, 6.45) is -3.10. The number of para-hydroxylation sites is 1. The van der Waals surface area contributed by atoms with Crippen LogP contribution in [0.15, 0.2) is 36.5 Å². The molecule has 0 bridgehead atoms. The van der Waals surface area contributed by atoms with Gasteiger partial charge in [-0.05, 0) is 6.07 Å². The molecule has 1 N–H and O–H groups in total. The molecule has 0 radical (unpaired) electrons. The topological polar surface area (TPSA) is 39.1 Å². The Morgan fingerprint density at radius 2 is 2.05 bits per heavy atom. The Balaban J connectivity index is 2.00. The van der Waals surface area contributed by atoms with Crippen LogP contribution >= 0.6 is 0 Å². The SMILES string of the molecule is COc1ccccc1C1CC(C(F)(F)F)n2nccc2N1. The molecule has 0 saturated heterocycles. The summed E-state index contributed by atoms with van der Waals surface area (Å²) in [5.41, 5.74) is 0.710. The highest BCUT2D eigenvalue weighted by Gasteiger charge is 2.46. The highest BCUT2D eigenvalue weighted by atomic mass is 19.4. The van der Waals surface area contributed by atoms with E-state index in [0.29, 0.717) is 17.1 Å². The van der Waals surface area contributed by atoms with Gasteiger partial charge in [0, 0.05) is 18.1 Å². The van der Waals surface area contributed by atoms with Crippen LogP contribution in [0.3, 0.4) is 0 Å². The van der Waals surface area contributed by atoms with Crippen LogP contribution in [-0.4, -0.2) is 23.1 Å². The molecule has 0 fully saturated rings. The van der Waals surface area contributed by atoms with Crippen molar-refractivity contribution >= 4 is 5.82 Å². The molecule has 0 saturated carbocycles. The van der Waals surface area contributed by atoms with Gasteiger partial charge in [0.05, 0.1) is 19.3 Å². The standard InChI is InChI=1S/C14H14F3N3O/c1-21-11-5-3-2-4-9(11)10-8-12(14(15,16)17)20-13(19-10)6-7-18-20/h2-7,10,12,19H,8H2,1H3. The van der Waals surface area contributed by atoms with Crippen LogP contribution in [-0.2, 0) is 0 Å². The molecule has 0 amide bonds. The van der Waals surface area contributed by atoms with Gasteiger partial charge in [-0.15, -0.1) is 0 Å². The molecular formula is C14H14F3N3O. The lowest BCUT2D eigenvalue weighted by Crippen LogP contribution is -2.35. The van der Waals surface area contributed by atoms with Crippen molar-refractivity contribution in [3.63, 3.8) is 0 Å². The van der Waals surface area contributed by atoms with Gasteiger partial charge in [-0.25, -0.2) is 4.68 Å². The molecule has 7 heteroatoms. The van der Waals surface area contributed by atoms with Gasteiger partial charge in [-0.1, -0.05) is 18.2 Å². The van der Waals surface area contributed by atoms with E-state index in [4.69, 9.17) is 4.74 Å². The molecule has 1 aromatic carbocycles. The van der Waals surface area contributed by atoms with E-state index in [0.717, 1.165) is 4.68 Å². The average Bonchev–Trinajstić information content (AvgIpc) is 2.93. The summed E-state index contributed by atoms with van der Waals surface area (Å²) in [5.74, 6) is 0.934. The first-order valence-electron chi connectivity index (χ1n) is 6.50. The zero-order chi connectivity index (χ0) is 15.0. The normalized spacial score (nSPS) is 21.5. The van der Waals surface area contributed by atoms with Crippen LogP contribution in [0.4, 0.5) is 19.0 Å². The van der Waals surface area contributed by atoms with Crippen molar-refractivity contribution in [1.82, 2.24) is 9.78 Å². The fraction of sp³-hybridized carbons (Fsp3) is 0.357. The van der Waals surface area contributed by atoms with Gasteiger partial charge in [-0.2, -0.15) is 18.3 Å². The van der Waals surface area contributed by atoms with Crippen LogP contribution in [0.2, 0.25) is 0 Å². The van der Waals surface area contributed by atoms with Crippen molar-refractivity contribution in [2.75, 3.05) is 12.4 Å². The minimum Gasteiger partial charge on any atom is -0.496 e. The smallest absolute Gasteiger partial charge is 0.410 e. The molecule has 2 aromatic rings. The lowest BCUT2D eigenvalue weighted by Gasteiger charge is -2.34. The maximum atomic E-state index is 13.2. The second-order valence-electron chi connectivity index (χ2n) is 4.89. The predicted molar refractivity (Wildman–Crippen MR) is 71.3 cm³/mol. The second-order valence-corrected chi connectivity index (χ2v) is 4.89. The Hall–Kier alpha value is -2.18. The summed E-state index contributed by atoms with van der Waals surface area (Å²) in [6.45, 7) is 0. The molecule has 21 heavy (non-hydrogen) atoms. The number of hydrogen-bond donors (Lipinski definition) is 1. The van der Waals surface area contributed by atoms with Crippen LogP contribution in [0, 0.1) is 0 Å². The van der Waals surface area contributed by atoms with Crippen LogP contribution < -0.4 is 10.1 Å². The molecule has 2 heterocycles. The molecular weight excluding hydrogens is 283 g/mol. The first-order chi connectivity index (χ1) is 10.0. The predicted octanol–water partition coefficient (Wildman–Crippen LogP) is 3.55. The average molecular weight is 297 g/mol. The molecule has 3 rings (SSSR count). The Kier molecular flexibility index (Phi) is 3.27. The van der Waals surface area contributed by atoms with E-state index in [-0.39, 0.29) is 6.42 Å². The molecule has 0 spiro atoms. The number of nitrogens with one attached hydrogen (secondary N) is 1. The van der Waals surface area contributed by atoms with Crippen molar-refractivity contribution in [2.45, 2.75) is 24.7 Å². The van der Waals surface area contributed by atoms with Gasteiger partial charge >= 0.3 is 6.18 Å². The quantitative estimate of drug-likeness (QED) is 0.921. The second kappa shape index (κ2) is 4.98. The van der Waals surface area contributed by atoms with Gasteiger partial charge in [0.25, 0.3) is 0 Å². The third kappa shape index (κ3) is 2.43. The number of ether oxygens (including phenoxy) is 1. The zero-order valence-electron chi connectivity index (χ0n) is 11.3. The highest BCUT2D eigenvalue weighted by Crippen LogP contribution is 2.44. The van der Waals surface area contributed by atoms with E-state index < -0.39 is 18.3 Å². The minimum absolute atomic E-state index is 0.126. The molecule has 2 unspecified atom stereocenters. The zero-order valence-corrected chi connectivity index (χ0v) is 11.3. The summed E-state index contributed by atoms with van der Waals surface area (Å²) in [5, 5.41) is 6.87. The van der Waals surface area contributed by atoms with Gasteiger partial charge in [-0.3, -0.25) is 0 Å². The summed E-state index contributed by atoms with van der Waals surface area (Å²) >= 11 is 0. The van der Waals surface area contributed by atoms with E-state index in [1.807, 2.05) is 0 Å². The molecule has 1 aliphatic heterocycles. The van der Waals surface area contributed by atoms with Crippen molar-refractivity contribution < 1.29 is 17.9 Å². The third-order valence-electron chi connectivity index (χ3n) is 3.64. The van der Waals surface area contributed by atoms with Gasteiger partial charge in [0.15, 0.2) is 6.04 Å². The van der Waals surface area contributed by atoms with Crippen LogP contribution in [0.5, 0.6) is 5.75 Å². The Labute approximate surface area is 119 Å². The van der Waals surface area contributed by atoms with E-state index in [1.54, 1.807) is 30.3 Å². The fourth-order valence-corrected chi connectivity index (χ4v) is 2.67. The van der Waals surface area contributed by atoms with Gasteiger partial charge in [0.1, 0.15) is 11.6 Å². The molecule has 4 nitrogen and oxygen atoms in total. The molecule has 1 aliphatic rings. The van der Waals surface area contributed by atoms with E-state index >= 15 is 0 Å². The van der Waals surface area contributed by atoms with E-state index in [2.05, 4.69) is 10.4 Å². The van der Waals surface area contributed by atoms with Crippen molar-refractivity contribution in [3.8, 4) is 5.75 Å². The first kappa shape index (κ1) is 13.8. The number of nitrogens with zero attached hydrogens (tertiary/aromatic N) is 2. The Morgan fingerprint density at radius 3 is 2.76 bits per heavy atom. The lowest BCUT2D eigenvalue weighted by molar-refractivity contribution is -0.173. The molecule has 1 aromatic heterocycles. The monoisotopic (exact) mass is 297 g/mol. The number of anilines is 1. The molecule has 0 aliphatic carbocycles. The van der Waals surface area contributed by atoms with Gasteiger partial charge in [0.2, 0.25) is 0 Å². The maximum absolute atomic E-state index is 13.2. The van der Waals surface area contributed by atoms with E-state index in [1.165, 1.54) is 13.3 Å². The number of halogens is 3. The summed E-state index contributed by atoms with van der Waals surface area (Å²) < 4.78 is 46.0. The van der Waals surface area contributed by atoms with Crippen molar-refractivity contribution in [3.05, 3.63) is 42.1 Å². The highest BCUT2D eigenvalue weighted by molar-refractivity contribution is 5.45. The molecule has 2 atom stereocenters. The number of alkyl halides is 3. The third-order valence-corrected chi connectivity index (χ3v) is 3.64. The number of fused-ring (bicyclic) bond motifs is 1. The first-order valence-corrected chi connectivity index (χ1v) is 6.50. The summed E-state index contributed by atoms with van der Waals surface area (Å²) in [7, 11) is 1.51. The minimum atomic E-state index is -4.34. The van der Waals surface area contributed by atoms with Crippen LogP contribution in [0.1, 0.15) is 24.1 Å². The fourth-order valence-electron chi connectivity index (χ4n) is 2.67. The number of rotatable bonds is 2. The summed E-state index contributed by atoms with van der Waals surface area (Å²) in [4.78, 5) is 0. The van der Waals surface area contributed by atoms with E-state index in [9.17, 15) is 13.2 Å². The summed E-state index contributed by atoms with van der Waals surface area (Å²) in [6, 6.07) is 6.52. The van der Waals surface area contributed by atoms with Crippen LogP contribution in [0.25, 0.3) is 0 Å². The number of hydrogen-bond acceptors (Lipinski definition) is 3. The maximum Gasteiger partial charge on any atom is 0.410 e. The Morgan fingerprint density at radius 1 is 1.29 bits per heavy atom. The number of methoxy groups -OCH3 is 1. The Bertz CT molecular complexity index is 638. The number of benzene rings is 1. The largest absolute Gasteiger partial charge is 0.496 e. The lowest BCUT2D eigenvalue weighted by atomic mass is 9.96. The molecule has 112 valence electrons. The van der Waals surface area contributed by atoms with Crippen molar-refractivity contribution in [1.29, 1.82) is 0 Å². The van der Waals surface area contributed by atoms with Crippen molar-refractivity contribution in [2.24, 2.45) is 0 Å².